The number of hydrogen-bond acceptors (Lipinski definition) is 7. The largest absolute Gasteiger partial charge is 0.490 e. The maximum atomic E-state index is 6.11. The van der Waals surface area contributed by atoms with E-state index in [1.807, 2.05) is 18.2 Å². The highest BCUT2D eigenvalue weighted by Gasteiger charge is 2.32. The Morgan fingerprint density at radius 2 is 2.00 bits per heavy atom. The molecule has 0 spiro atoms. The molecule has 1 unspecified atom stereocenters. The second-order valence-corrected chi connectivity index (χ2v) is 4.23. The fraction of sp³-hybridized carbons (Fsp3) is 0.364. The van der Waals surface area contributed by atoms with Crippen molar-refractivity contribution in [2.45, 2.75) is 12.2 Å². The molecule has 0 aliphatic carbocycles. The van der Waals surface area contributed by atoms with E-state index in [2.05, 4.69) is 15.8 Å². The highest BCUT2D eigenvalue weighted by molar-refractivity contribution is 5.79. The second kappa shape index (κ2) is 4.04. The summed E-state index contributed by atoms with van der Waals surface area (Å²) in [5.41, 5.74) is 17.9. The Kier molecular flexibility index (Phi) is 2.49. The predicted molar refractivity (Wildman–Crippen MR) is 65.8 cm³/mol. The van der Waals surface area contributed by atoms with Gasteiger partial charge in [0.05, 0.1) is 13.2 Å². The molecule has 1 atom stereocenters. The van der Waals surface area contributed by atoms with E-state index >= 15 is 0 Å². The van der Waals surface area contributed by atoms with E-state index in [-0.39, 0.29) is 5.96 Å². The molecule has 2 aliphatic heterocycles. The summed E-state index contributed by atoms with van der Waals surface area (Å²) in [6.45, 7) is 1.29. The van der Waals surface area contributed by atoms with E-state index in [1.54, 1.807) is 0 Å². The van der Waals surface area contributed by atoms with Gasteiger partial charge in [-0.15, -0.1) is 0 Å². The van der Waals surface area contributed by atoms with E-state index in [0.29, 0.717) is 19.0 Å². The minimum atomic E-state index is -1.07. The Hall–Kier alpha value is -1.99. The van der Waals surface area contributed by atoms with Crippen molar-refractivity contribution in [3.05, 3.63) is 23.8 Å². The number of aliphatic imine (C=N–C) groups is 1. The maximum Gasteiger partial charge on any atom is 0.209 e. The highest BCUT2D eigenvalue weighted by atomic mass is 16.5. The molecule has 0 aromatic heterocycles. The van der Waals surface area contributed by atoms with E-state index in [1.165, 1.54) is 0 Å². The van der Waals surface area contributed by atoms with Crippen molar-refractivity contribution in [1.29, 1.82) is 0 Å². The molecule has 0 saturated carbocycles. The van der Waals surface area contributed by atoms with Gasteiger partial charge in [0.15, 0.2) is 11.5 Å². The number of hydrazine groups is 1. The lowest BCUT2D eigenvalue weighted by molar-refractivity contribution is 0.296. The lowest BCUT2D eigenvalue weighted by Crippen LogP contribution is -2.50. The first-order chi connectivity index (χ1) is 8.67. The molecule has 0 saturated heterocycles. The Balaban J connectivity index is 1.97. The molecule has 6 N–H and O–H groups in total. The number of nitrogens with two attached hydrogens (primary N) is 2. The number of rotatable bonds is 1. The van der Waals surface area contributed by atoms with Crippen LogP contribution in [0.25, 0.3) is 0 Å². The molecule has 3 rings (SSSR count). The van der Waals surface area contributed by atoms with Gasteiger partial charge in [0.2, 0.25) is 11.7 Å². The summed E-state index contributed by atoms with van der Waals surface area (Å²) in [6, 6.07) is 5.48. The van der Waals surface area contributed by atoms with Gasteiger partial charge in [-0.05, 0) is 18.2 Å². The SMILES string of the molecule is NC1=NC(N)(c2ccc3c(c2)OCCCO3)NN1. The molecule has 0 amide bonds. The molecule has 7 nitrogen and oxygen atoms in total. The third-order valence-electron chi connectivity index (χ3n) is 2.87. The third kappa shape index (κ3) is 1.83. The zero-order chi connectivity index (χ0) is 12.6. The molecule has 1 aromatic rings. The molecule has 7 heteroatoms. The highest BCUT2D eigenvalue weighted by Crippen LogP contribution is 2.33. The summed E-state index contributed by atoms with van der Waals surface area (Å²) < 4.78 is 11.2. The summed E-state index contributed by atoms with van der Waals surface area (Å²) in [5.74, 6) is 0.582. The van der Waals surface area contributed by atoms with E-state index in [0.717, 1.165) is 17.7 Å². The van der Waals surface area contributed by atoms with Crippen molar-refractivity contribution in [2.24, 2.45) is 16.5 Å². The maximum absolute atomic E-state index is 6.11. The second-order valence-electron chi connectivity index (χ2n) is 4.23. The lowest BCUT2D eigenvalue weighted by Gasteiger charge is -2.21. The van der Waals surface area contributed by atoms with Crippen molar-refractivity contribution in [1.82, 2.24) is 10.9 Å². The van der Waals surface area contributed by atoms with Gasteiger partial charge in [0, 0.05) is 12.0 Å². The molecular formula is C11H15N5O2. The Morgan fingerprint density at radius 3 is 2.72 bits per heavy atom. The van der Waals surface area contributed by atoms with Gasteiger partial charge in [-0.25, -0.2) is 4.99 Å². The standard InChI is InChI=1S/C11H15N5O2/c12-10-14-11(13,16-15-10)7-2-3-8-9(6-7)18-5-1-4-17-8/h2-3,6,16H,1,4-5,13H2,(H3,12,14,15). The van der Waals surface area contributed by atoms with Crippen LogP contribution in [0.5, 0.6) is 11.5 Å². The van der Waals surface area contributed by atoms with Crippen molar-refractivity contribution in [3.63, 3.8) is 0 Å². The van der Waals surface area contributed by atoms with Crippen LogP contribution in [0.4, 0.5) is 0 Å². The number of hydrogen-bond donors (Lipinski definition) is 4. The Bertz CT molecular complexity index is 504. The van der Waals surface area contributed by atoms with E-state index in [4.69, 9.17) is 20.9 Å². The van der Waals surface area contributed by atoms with Gasteiger partial charge in [0.25, 0.3) is 0 Å². The molecule has 0 fully saturated rings. The van der Waals surface area contributed by atoms with Crippen LogP contribution in [0.1, 0.15) is 12.0 Å². The molecule has 0 bridgehead atoms. The average molecular weight is 249 g/mol. The van der Waals surface area contributed by atoms with Crippen LogP contribution in [-0.2, 0) is 5.79 Å². The van der Waals surface area contributed by atoms with Gasteiger partial charge in [-0.2, -0.15) is 5.43 Å². The first-order valence-corrected chi connectivity index (χ1v) is 5.75. The minimum Gasteiger partial charge on any atom is -0.490 e. The van der Waals surface area contributed by atoms with Crippen LogP contribution in [0.3, 0.4) is 0 Å². The van der Waals surface area contributed by atoms with Crippen molar-refractivity contribution >= 4 is 5.96 Å². The lowest BCUT2D eigenvalue weighted by atomic mass is 10.1. The van der Waals surface area contributed by atoms with Crippen LogP contribution in [0, 0.1) is 0 Å². The first-order valence-electron chi connectivity index (χ1n) is 5.75. The van der Waals surface area contributed by atoms with Gasteiger partial charge in [0.1, 0.15) is 0 Å². The Morgan fingerprint density at radius 1 is 1.22 bits per heavy atom. The smallest absolute Gasteiger partial charge is 0.209 e. The van der Waals surface area contributed by atoms with Gasteiger partial charge in [-0.1, -0.05) is 0 Å². The number of nitrogens with zero attached hydrogens (tertiary/aromatic N) is 1. The summed E-state index contributed by atoms with van der Waals surface area (Å²) in [6.07, 6.45) is 0.864. The number of ether oxygens (including phenoxy) is 2. The van der Waals surface area contributed by atoms with Crippen LogP contribution in [-0.4, -0.2) is 19.2 Å². The average Bonchev–Trinajstić information content (AvgIpc) is 2.60. The van der Waals surface area contributed by atoms with Crippen LogP contribution >= 0.6 is 0 Å². The topological polar surface area (TPSA) is 107 Å². The van der Waals surface area contributed by atoms with Gasteiger partial charge in [-0.3, -0.25) is 11.2 Å². The summed E-state index contributed by atoms with van der Waals surface area (Å²) >= 11 is 0. The summed E-state index contributed by atoms with van der Waals surface area (Å²) in [7, 11) is 0. The first kappa shape index (κ1) is 11.1. The molecule has 2 aliphatic rings. The quantitative estimate of drug-likeness (QED) is 0.526. The van der Waals surface area contributed by atoms with Crippen LogP contribution < -0.4 is 31.8 Å². The molecular weight excluding hydrogens is 234 g/mol. The van der Waals surface area contributed by atoms with Crippen molar-refractivity contribution in [3.8, 4) is 11.5 Å². The fourth-order valence-electron chi connectivity index (χ4n) is 1.94. The zero-order valence-electron chi connectivity index (χ0n) is 9.77. The third-order valence-corrected chi connectivity index (χ3v) is 2.87. The number of nitrogens with one attached hydrogen (secondary N) is 2. The molecule has 2 heterocycles. The van der Waals surface area contributed by atoms with Gasteiger partial charge >= 0.3 is 0 Å². The van der Waals surface area contributed by atoms with Gasteiger partial charge < -0.3 is 15.2 Å². The molecule has 18 heavy (non-hydrogen) atoms. The monoisotopic (exact) mass is 249 g/mol. The number of fused-ring (bicyclic) bond motifs is 1. The minimum absolute atomic E-state index is 0.254. The fourth-order valence-corrected chi connectivity index (χ4v) is 1.94. The normalized spacial score (nSPS) is 26.2. The predicted octanol–water partition coefficient (Wildman–Crippen LogP) is -0.661. The Labute approximate surface area is 104 Å². The van der Waals surface area contributed by atoms with Crippen molar-refractivity contribution < 1.29 is 9.47 Å². The number of guanidine groups is 1. The van der Waals surface area contributed by atoms with Crippen LogP contribution in [0.15, 0.2) is 23.2 Å². The summed E-state index contributed by atoms with van der Waals surface area (Å²) in [5, 5.41) is 0. The van der Waals surface area contributed by atoms with E-state index < -0.39 is 5.79 Å². The molecule has 96 valence electrons. The molecule has 0 radical (unpaired) electrons. The van der Waals surface area contributed by atoms with Crippen molar-refractivity contribution in [2.75, 3.05) is 13.2 Å². The van der Waals surface area contributed by atoms with Crippen LogP contribution in [0.2, 0.25) is 0 Å². The molecule has 1 aromatic carbocycles. The zero-order valence-corrected chi connectivity index (χ0v) is 9.77. The summed E-state index contributed by atoms with van der Waals surface area (Å²) in [4.78, 5) is 4.12. The van der Waals surface area contributed by atoms with E-state index in [9.17, 15) is 0 Å². The number of benzene rings is 1.